The molecule has 0 radical (unpaired) electrons. The van der Waals surface area contributed by atoms with Crippen LogP contribution in [0.2, 0.25) is 10.0 Å². The second kappa shape index (κ2) is 11.9. The van der Waals surface area contributed by atoms with Crippen LogP contribution in [0.25, 0.3) is 0 Å². The molecule has 1 fully saturated rings. The van der Waals surface area contributed by atoms with E-state index in [-0.39, 0.29) is 52.2 Å². The van der Waals surface area contributed by atoms with Crippen molar-refractivity contribution < 1.29 is 19.1 Å². The van der Waals surface area contributed by atoms with Gasteiger partial charge in [0.2, 0.25) is 5.88 Å². The van der Waals surface area contributed by atoms with E-state index in [4.69, 9.17) is 32.7 Å². The van der Waals surface area contributed by atoms with Gasteiger partial charge in [-0.1, -0.05) is 67.4 Å². The molecular weight excluding hydrogens is 535 g/mol. The largest absolute Gasteiger partial charge is 0.434 e. The maximum atomic E-state index is 13.3. The maximum absolute atomic E-state index is 13.3. The third-order valence-electron chi connectivity index (χ3n) is 5.69. The van der Waals surface area contributed by atoms with Crippen molar-refractivity contribution >= 4 is 40.8 Å². The lowest BCUT2D eigenvalue weighted by Gasteiger charge is -2.38. The van der Waals surface area contributed by atoms with E-state index in [0.29, 0.717) is 5.56 Å². The van der Waals surface area contributed by atoms with Crippen molar-refractivity contribution in [3.05, 3.63) is 80.1 Å². The zero-order chi connectivity index (χ0) is 27.4. The molecule has 3 aromatic rings. The molecule has 3 amide bonds. The smallest absolute Gasteiger partial charge is 0.347 e. The van der Waals surface area contributed by atoms with Gasteiger partial charge in [0.1, 0.15) is 6.73 Å². The average Bonchev–Trinajstić information content (AvgIpc) is 2.89. The lowest BCUT2D eigenvalue weighted by atomic mass is 10.1. The highest BCUT2D eigenvalue weighted by Crippen LogP contribution is 2.39. The molecule has 2 heterocycles. The minimum Gasteiger partial charge on any atom is -0.434 e. The van der Waals surface area contributed by atoms with Crippen LogP contribution in [0.15, 0.2) is 53.3 Å². The number of nitrogens with zero attached hydrogens (tertiary/aromatic N) is 3. The first kappa shape index (κ1) is 27.6. The van der Waals surface area contributed by atoms with Crippen LogP contribution in [0.5, 0.6) is 11.6 Å². The normalized spacial score (nSPS) is 15.9. The van der Waals surface area contributed by atoms with Crippen LogP contribution in [0.3, 0.4) is 0 Å². The lowest BCUT2D eigenvalue weighted by Crippen LogP contribution is -2.69. The number of aromatic nitrogens is 2. The Morgan fingerprint density at radius 1 is 1.08 bits per heavy atom. The molecule has 1 saturated heterocycles. The van der Waals surface area contributed by atoms with Gasteiger partial charge in [-0.2, -0.15) is 5.43 Å². The van der Waals surface area contributed by atoms with Crippen molar-refractivity contribution in [3.63, 3.8) is 0 Å². The molecule has 13 heteroatoms. The number of hydrogen-bond donors (Lipinski definition) is 3. The number of urea groups is 1. The van der Waals surface area contributed by atoms with Gasteiger partial charge in [0.25, 0.3) is 11.5 Å². The van der Waals surface area contributed by atoms with E-state index in [1.807, 2.05) is 44.2 Å². The average molecular weight is 561 g/mol. The Bertz CT molecular complexity index is 1360. The molecule has 11 nitrogen and oxygen atoms in total. The van der Waals surface area contributed by atoms with Crippen molar-refractivity contribution in [3.8, 4) is 11.6 Å². The first-order valence-corrected chi connectivity index (χ1v) is 12.4. The minimum atomic E-state index is -0.915. The molecule has 2 aromatic carbocycles. The van der Waals surface area contributed by atoms with Crippen LogP contribution >= 0.6 is 23.2 Å². The van der Waals surface area contributed by atoms with Gasteiger partial charge in [-0.05, 0) is 30.7 Å². The van der Waals surface area contributed by atoms with Crippen molar-refractivity contribution in [2.24, 2.45) is 0 Å². The van der Waals surface area contributed by atoms with E-state index >= 15 is 0 Å². The fourth-order valence-electron chi connectivity index (χ4n) is 3.69. The molecule has 0 bridgehead atoms. The Kier molecular flexibility index (Phi) is 8.65. The monoisotopic (exact) mass is 560 g/mol. The summed E-state index contributed by atoms with van der Waals surface area (Å²) in [6.45, 7) is 3.69. The Morgan fingerprint density at radius 3 is 2.39 bits per heavy atom. The second-order valence-corrected chi connectivity index (χ2v) is 9.50. The molecule has 1 atom stereocenters. The number of rotatable bonds is 9. The predicted octanol–water partition coefficient (Wildman–Crippen LogP) is 3.99. The molecule has 200 valence electrons. The van der Waals surface area contributed by atoms with E-state index in [9.17, 15) is 14.4 Å². The quantitative estimate of drug-likeness (QED) is 0.358. The van der Waals surface area contributed by atoms with Gasteiger partial charge in [-0.25, -0.2) is 19.8 Å². The molecule has 38 heavy (non-hydrogen) atoms. The van der Waals surface area contributed by atoms with Crippen molar-refractivity contribution in [1.29, 1.82) is 0 Å². The van der Waals surface area contributed by atoms with Crippen molar-refractivity contribution in [2.75, 3.05) is 18.8 Å². The van der Waals surface area contributed by atoms with E-state index in [2.05, 4.69) is 20.9 Å². The third-order valence-corrected chi connectivity index (χ3v) is 6.25. The number of hydrogen-bond acceptors (Lipinski definition) is 8. The van der Waals surface area contributed by atoms with Gasteiger partial charge in [0.05, 0.1) is 22.3 Å². The first-order valence-electron chi connectivity index (χ1n) is 11.7. The number of nitrogens with one attached hydrogen (secondary N) is 3. The number of carbonyl (C=O) groups excluding carboxylic acids is 2. The highest BCUT2D eigenvalue weighted by atomic mass is 35.5. The van der Waals surface area contributed by atoms with Gasteiger partial charge in [0, 0.05) is 11.6 Å². The summed E-state index contributed by atoms with van der Waals surface area (Å²) in [6, 6.07) is 13.1. The van der Waals surface area contributed by atoms with Crippen LogP contribution in [0, 0.1) is 0 Å². The van der Waals surface area contributed by atoms with Crippen LogP contribution in [0.1, 0.15) is 30.9 Å². The summed E-state index contributed by atoms with van der Waals surface area (Å²) in [6.07, 6.45) is -0.915. The molecule has 4 rings (SSSR count). The second-order valence-electron chi connectivity index (χ2n) is 8.68. The highest BCUT2D eigenvalue weighted by Gasteiger charge is 2.39. The Labute approximate surface area is 228 Å². The number of imide groups is 1. The SMILES string of the molecule is CNC1NN(c2cc(Cl)c(Oc3cc(C(C)C)c(=O)[nH]n3)c(Cl)c2)C(=O)N(COCc2ccccc2)C1=O. The number of aromatic amines is 1. The van der Waals surface area contributed by atoms with Gasteiger partial charge in [-0.15, -0.1) is 5.10 Å². The number of anilines is 1. The summed E-state index contributed by atoms with van der Waals surface area (Å²) in [5.74, 6) is -0.389. The van der Waals surface area contributed by atoms with Gasteiger partial charge in [0.15, 0.2) is 11.9 Å². The van der Waals surface area contributed by atoms with E-state index in [1.54, 1.807) is 7.05 Å². The zero-order valence-corrected chi connectivity index (χ0v) is 22.3. The fraction of sp³-hybridized carbons (Fsp3) is 0.280. The van der Waals surface area contributed by atoms with Crippen LogP contribution in [-0.2, 0) is 16.1 Å². The van der Waals surface area contributed by atoms with Gasteiger partial charge in [-0.3, -0.25) is 14.9 Å². The summed E-state index contributed by atoms with van der Waals surface area (Å²) >= 11 is 13.0. The van der Waals surface area contributed by atoms with Crippen molar-refractivity contribution in [1.82, 2.24) is 25.8 Å². The molecule has 0 aliphatic carbocycles. The molecular formula is C25H26Cl2N6O5. The number of carbonyl (C=O) groups is 2. The predicted molar refractivity (Wildman–Crippen MR) is 142 cm³/mol. The molecule has 1 aliphatic rings. The molecule has 1 aromatic heterocycles. The highest BCUT2D eigenvalue weighted by molar-refractivity contribution is 6.37. The van der Waals surface area contributed by atoms with Crippen LogP contribution in [0.4, 0.5) is 10.5 Å². The third kappa shape index (κ3) is 5.98. The number of benzene rings is 2. The molecule has 0 spiro atoms. The van der Waals surface area contributed by atoms with Crippen LogP contribution in [-0.4, -0.2) is 47.0 Å². The molecule has 1 aliphatic heterocycles. The maximum Gasteiger partial charge on any atom is 0.347 e. The summed E-state index contributed by atoms with van der Waals surface area (Å²) in [4.78, 5) is 39.1. The summed E-state index contributed by atoms with van der Waals surface area (Å²) in [5, 5.41) is 10.4. The van der Waals surface area contributed by atoms with E-state index in [1.165, 1.54) is 18.2 Å². The van der Waals surface area contributed by atoms with Crippen LogP contribution < -0.4 is 26.0 Å². The number of halogens is 2. The number of amides is 3. The zero-order valence-electron chi connectivity index (χ0n) is 20.8. The first-order chi connectivity index (χ1) is 18.2. The topological polar surface area (TPSA) is 129 Å². The summed E-state index contributed by atoms with van der Waals surface area (Å²) in [5.41, 5.74) is 4.15. The Hall–Kier alpha value is -3.48. The lowest BCUT2D eigenvalue weighted by molar-refractivity contribution is -0.137. The summed E-state index contributed by atoms with van der Waals surface area (Å²) in [7, 11) is 1.58. The van der Waals surface area contributed by atoms with E-state index in [0.717, 1.165) is 15.5 Å². The van der Waals surface area contributed by atoms with Crippen molar-refractivity contribution in [2.45, 2.75) is 32.5 Å². The molecule has 0 saturated carbocycles. The standard InChI is InChI=1S/C25H26Cl2N6O5/c1-14(2)17-11-20(29-30-23(17)34)38-21-18(26)9-16(10-19(21)27)33-25(36)32(24(35)22(28-3)31-33)13-37-12-15-7-5-4-6-8-15/h4-11,14,22,28,31H,12-13H2,1-3H3,(H,30,34). The Balaban J connectivity index is 1.55. The summed E-state index contributed by atoms with van der Waals surface area (Å²) < 4.78 is 11.4. The number of likely N-dealkylation sites (N-methyl/N-ethyl adjacent to an activating group) is 1. The number of hydrazine groups is 1. The fourth-order valence-corrected chi connectivity index (χ4v) is 4.24. The van der Waals surface area contributed by atoms with E-state index < -0.39 is 18.1 Å². The number of H-pyrrole nitrogens is 1. The number of ether oxygens (including phenoxy) is 2. The Morgan fingerprint density at radius 2 is 1.76 bits per heavy atom. The van der Waals surface area contributed by atoms with Gasteiger partial charge >= 0.3 is 6.03 Å². The minimum absolute atomic E-state index is 0.0592. The molecule has 3 N–H and O–H groups in total. The van der Waals surface area contributed by atoms with Gasteiger partial charge < -0.3 is 9.47 Å². The molecule has 1 unspecified atom stereocenters.